The number of alkyl halides is 12. The molecule has 5 amide bonds. The van der Waals surface area contributed by atoms with Crippen molar-refractivity contribution in [3.8, 4) is 40.1 Å². The van der Waals surface area contributed by atoms with Crippen LogP contribution in [-0.4, -0.2) is 184 Å². The molecule has 1 aromatic heterocycles. The first-order valence-electron chi connectivity index (χ1n) is 27.3. The second-order valence-electron chi connectivity index (χ2n) is 19.7. The van der Waals surface area contributed by atoms with Crippen molar-refractivity contribution in [2.45, 2.75) is 95.2 Å². The second-order valence-corrected chi connectivity index (χ2v) is 22.2. The second kappa shape index (κ2) is 39.6. The summed E-state index contributed by atoms with van der Waals surface area (Å²) >= 11 is 0. The lowest BCUT2D eigenvalue weighted by Crippen LogP contribution is -2.56. The molecule has 1 aliphatic heterocycles. The topological polar surface area (TPSA) is 432 Å². The highest BCUT2D eigenvalue weighted by molar-refractivity contribution is 8.76. The third-order valence-electron chi connectivity index (χ3n) is 11.7. The maximum absolute atomic E-state index is 14.7. The maximum atomic E-state index is 14.7. The van der Waals surface area contributed by atoms with Gasteiger partial charge < -0.3 is 73.3 Å². The molecule has 96 heavy (non-hydrogen) atoms. The summed E-state index contributed by atoms with van der Waals surface area (Å²) in [6.07, 6.45) is -18.9. The van der Waals surface area contributed by atoms with Gasteiger partial charge in [-0.3, -0.25) is 24.0 Å². The summed E-state index contributed by atoms with van der Waals surface area (Å²) in [7, 11) is 5.07. The number of aryl methyl sites for hydroxylation is 1. The molecule has 2 heterocycles. The molecule has 5 rings (SSSR count). The number of aliphatic carboxylic acids is 4. The van der Waals surface area contributed by atoms with Crippen LogP contribution in [0.3, 0.4) is 0 Å². The van der Waals surface area contributed by atoms with Gasteiger partial charge in [0.15, 0.2) is 5.82 Å². The van der Waals surface area contributed by atoms with E-state index in [2.05, 4.69) is 45.1 Å². The third kappa shape index (κ3) is 29.6. The van der Waals surface area contributed by atoms with E-state index >= 15 is 0 Å². The molecule has 0 fully saturated rings. The van der Waals surface area contributed by atoms with E-state index in [0.29, 0.717) is 51.2 Å². The molecule has 14 N–H and O–H groups in total. The number of hydrogen-bond donors (Lipinski definition) is 11. The van der Waals surface area contributed by atoms with E-state index in [-0.39, 0.29) is 57.8 Å². The van der Waals surface area contributed by atoms with Crippen molar-refractivity contribution in [1.29, 1.82) is 5.26 Å². The van der Waals surface area contributed by atoms with Crippen LogP contribution in [0.1, 0.15) is 66.0 Å². The van der Waals surface area contributed by atoms with Gasteiger partial charge in [-0.1, -0.05) is 71.8 Å². The Labute approximate surface area is 545 Å². The zero-order valence-electron chi connectivity index (χ0n) is 51.0. The Morgan fingerprint density at radius 2 is 1.22 bits per heavy atom. The minimum Gasteiger partial charge on any atom is -0.492 e. The van der Waals surface area contributed by atoms with E-state index in [1.807, 2.05) is 51.9 Å². The first-order chi connectivity index (χ1) is 44.5. The predicted molar refractivity (Wildman–Crippen MR) is 319 cm³/mol. The molecule has 0 unspecified atom stereocenters. The van der Waals surface area contributed by atoms with Crippen molar-refractivity contribution in [2.75, 3.05) is 52.2 Å². The summed E-state index contributed by atoms with van der Waals surface area (Å²) < 4.78 is 139. The number of carbonyl (C=O) groups is 9. The number of carboxylic acids is 4. The fourth-order valence-electron chi connectivity index (χ4n) is 7.24. The van der Waals surface area contributed by atoms with Crippen molar-refractivity contribution >= 4 is 75.0 Å². The smallest absolute Gasteiger partial charge is 0.490 e. The van der Waals surface area contributed by atoms with E-state index in [9.17, 15) is 81.9 Å². The minimum absolute atomic E-state index is 0.000284. The predicted octanol–water partition coefficient (Wildman–Crippen LogP) is 5.70. The van der Waals surface area contributed by atoms with Gasteiger partial charge in [0.25, 0.3) is 5.91 Å². The fourth-order valence-corrected chi connectivity index (χ4v) is 9.78. The van der Waals surface area contributed by atoms with Crippen molar-refractivity contribution in [3.63, 3.8) is 0 Å². The van der Waals surface area contributed by atoms with Gasteiger partial charge in [-0.05, 0) is 73.7 Å². The SMILES string of the molecule is Cc1nc(-c2ccc(CSSCC(C)C)cc2)ncc1C(=O)N[C@@H](CCN)C(=O)N(C)[C@@H]1C(=O)N[C@@H](C)C(=O)N[C@H](C(=O)NCC#N)Cc2ccc(OCCN)c(c2)-c2cc1ccc2OCCN.O=C(O)C(F)(F)F.O=C(O)C(F)(F)F.O=C(O)C(F)(F)F.O=C(O)C(F)(F)F. The highest BCUT2D eigenvalue weighted by Crippen LogP contribution is 2.40. The van der Waals surface area contributed by atoms with Gasteiger partial charge in [-0.25, -0.2) is 29.1 Å². The van der Waals surface area contributed by atoms with Gasteiger partial charge in [0.1, 0.15) is 55.4 Å². The van der Waals surface area contributed by atoms with Crippen LogP contribution in [0, 0.1) is 24.2 Å². The Morgan fingerprint density at radius 3 is 1.67 bits per heavy atom. The first-order valence-corrected chi connectivity index (χ1v) is 29.8. The summed E-state index contributed by atoms with van der Waals surface area (Å²) in [6, 6.07) is 15.0. The number of nitrogens with one attached hydrogen (secondary N) is 4. The standard InChI is InChI=1S/C48H61N11O7S2.4C2HF3O2/c1-28(2)26-67-68-27-31-6-9-33(10-7-31)43-54-25-37(29(3)55-43)45(61)57-38(14-15-49)48(64)59(5)42-34-11-13-41(66-21-18-52)36(24-34)35-22-32(8-12-40(35)65-20-17-51)23-39(46(62)53-19-16-50)58-44(60)30(4)56-47(42)63;4*3-2(4,5)1(6)7/h6-13,22,24-25,28,30,38-39,42H,14-15,17-21,23,26-27,49,51-52H2,1-5H3,(H,53,62)(H,56,63)(H,57,61)(H,58,60);4*(H,6,7)/t30-,38-,39-,42-;;;;/m0..../s1. The number of amides is 5. The van der Waals surface area contributed by atoms with Crippen molar-refractivity contribution in [1.82, 2.24) is 36.1 Å². The van der Waals surface area contributed by atoms with Crippen molar-refractivity contribution < 1.29 is 126 Å². The maximum Gasteiger partial charge on any atom is 0.490 e. The average Bonchev–Trinajstić information content (AvgIpc) is 0.785. The number of nitrogens with two attached hydrogens (primary N) is 3. The highest BCUT2D eigenvalue weighted by Gasteiger charge is 2.41. The highest BCUT2D eigenvalue weighted by atomic mass is 33.1. The molecule has 3 aromatic carbocycles. The number of nitriles is 1. The van der Waals surface area contributed by atoms with Crippen LogP contribution < -0.4 is 47.9 Å². The summed E-state index contributed by atoms with van der Waals surface area (Å²) in [5.41, 5.74) is 22.0. The van der Waals surface area contributed by atoms with Gasteiger partial charge in [0, 0.05) is 61.0 Å². The van der Waals surface area contributed by atoms with Crippen LogP contribution >= 0.6 is 21.6 Å². The van der Waals surface area contributed by atoms with Crippen LogP contribution in [0.15, 0.2) is 66.9 Å². The Hall–Kier alpha value is -9.20. The summed E-state index contributed by atoms with van der Waals surface area (Å²) in [5.74, 6) is -10.6. The van der Waals surface area contributed by atoms with E-state index in [4.69, 9.17) is 66.3 Å². The van der Waals surface area contributed by atoms with Gasteiger partial charge >= 0.3 is 48.6 Å². The van der Waals surface area contributed by atoms with Crippen molar-refractivity contribution in [2.24, 2.45) is 23.1 Å². The number of hydrogen-bond acceptors (Lipinski definition) is 19. The lowest BCUT2D eigenvalue weighted by molar-refractivity contribution is -0.193. The number of carboxylic acid groups (broad SMARTS) is 4. The third-order valence-corrected chi connectivity index (χ3v) is 14.4. The minimum atomic E-state index is -5.08. The van der Waals surface area contributed by atoms with Gasteiger partial charge in [-0.2, -0.15) is 57.9 Å². The first kappa shape index (κ1) is 84.8. The van der Waals surface area contributed by atoms with Gasteiger partial charge in [-0.15, -0.1) is 0 Å². The molecule has 0 spiro atoms. The summed E-state index contributed by atoms with van der Waals surface area (Å²) in [6.45, 7) is 7.88. The van der Waals surface area contributed by atoms with Gasteiger partial charge in [0.2, 0.25) is 23.6 Å². The van der Waals surface area contributed by atoms with E-state index in [1.54, 1.807) is 43.3 Å². The largest absolute Gasteiger partial charge is 0.492 e. The number of halogens is 12. The van der Waals surface area contributed by atoms with Crippen LogP contribution in [0.25, 0.3) is 22.5 Å². The molecule has 0 saturated heterocycles. The number of carbonyl (C=O) groups excluding carboxylic acids is 5. The Morgan fingerprint density at radius 1 is 0.729 bits per heavy atom. The lowest BCUT2D eigenvalue weighted by atomic mass is 9.93. The average molecular weight is 1420 g/mol. The van der Waals surface area contributed by atoms with E-state index in [1.165, 1.54) is 30.6 Å². The molecule has 530 valence electrons. The molecule has 4 atom stereocenters. The number of benzene rings is 3. The Bertz CT molecular complexity index is 3250. The molecule has 4 aromatic rings. The molecule has 1 aliphatic rings. The molecular formula is C56H65F12N11O15S2. The molecule has 26 nitrogen and oxygen atoms in total. The summed E-state index contributed by atoms with van der Waals surface area (Å²) in [5, 5.41) is 48.4. The zero-order chi connectivity index (χ0) is 73.6. The fraction of sp³-hybridized carbons (Fsp3) is 0.429. The number of nitrogens with zero attached hydrogens (tertiary/aromatic N) is 4. The Balaban J connectivity index is 0.00000136. The quantitative estimate of drug-likeness (QED) is 0.0219. The summed E-state index contributed by atoms with van der Waals surface area (Å²) in [4.78, 5) is 116. The molecular weight excluding hydrogens is 1360 g/mol. The van der Waals surface area contributed by atoms with Crippen molar-refractivity contribution in [3.05, 3.63) is 94.8 Å². The molecule has 0 aliphatic carbocycles. The van der Waals surface area contributed by atoms with E-state index in [0.717, 1.165) is 17.1 Å². The van der Waals surface area contributed by atoms with Crippen LogP contribution in [-0.2, 0) is 50.5 Å². The monoisotopic (exact) mass is 1420 g/mol. The normalized spacial score (nSPS) is 14.9. The number of fused-ring (bicyclic) bond motifs is 5. The number of rotatable bonds is 20. The molecule has 40 heteroatoms. The van der Waals surface area contributed by atoms with Crippen LogP contribution in [0.2, 0.25) is 0 Å². The molecule has 0 radical (unpaired) electrons. The Kier molecular flexibility index (Phi) is 35.0. The van der Waals surface area contributed by atoms with Crippen LogP contribution in [0.4, 0.5) is 52.7 Å². The molecule has 4 bridgehead atoms. The molecule has 0 saturated carbocycles. The number of ether oxygens (including phenoxy) is 2. The number of aromatic nitrogens is 2. The number of likely N-dealkylation sites (N-methyl/N-ethyl adjacent to an activating group) is 1. The van der Waals surface area contributed by atoms with Gasteiger partial charge in [0.05, 0.1) is 17.3 Å². The van der Waals surface area contributed by atoms with E-state index < -0.39 is 102 Å². The van der Waals surface area contributed by atoms with Crippen LogP contribution in [0.5, 0.6) is 11.5 Å². The zero-order valence-corrected chi connectivity index (χ0v) is 52.6. The lowest BCUT2D eigenvalue weighted by Gasteiger charge is -2.32.